The summed E-state index contributed by atoms with van der Waals surface area (Å²) >= 11 is 0. The second-order valence-electron chi connectivity index (χ2n) is 3.40. The first kappa shape index (κ1) is 10.7. The lowest BCUT2D eigenvalue weighted by Gasteiger charge is -2.18. The minimum atomic E-state index is -0.888. The molecule has 0 radical (unpaired) electrons. The minimum Gasteiger partial charge on any atom is -0.381 e. The van der Waals surface area contributed by atoms with E-state index in [0.717, 1.165) is 5.56 Å². The third-order valence-electron chi connectivity index (χ3n) is 2.08. The molecule has 1 atom stereocenters. The fourth-order valence-electron chi connectivity index (χ4n) is 1.23. The molecule has 0 amide bonds. The maximum Gasteiger partial charge on any atom is 0.105 e. The van der Waals surface area contributed by atoms with Crippen molar-refractivity contribution in [1.29, 1.82) is 0 Å². The highest BCUT2D eigenvalue weighted by molar-refractivity contribution is 5.27. The second kappa shape index (κ2) is 4.77. The van der Waals surface area contributed by atoms with Crippen LogP contribution < -0.4 is 0 Å². The van der Waals surface area contributed by atoms with E-state index in [9.17, 15) is 5.11 Å². The number of benzene rings is 1. The van der Waals surface area contributed by atoms with E-state index in [-0.39, 0.29) is 0 Å². The van der Waals surface area contributed by atoms with E-state index in [2.05, 4.69) is 0 Å². The molecule has 1 nitrogen and oxygen atoms in total. The van der Waals surface area contributed by atoms with E-state index in [0.29, 0.717) is 0 Å². The molecule has 0 saturated carbocycles. The van der Waals surface area contributed by atoms with Crippen molar-refractivity contribution >= 4 is 0 Å². The van der Waals surface area contributed by atoms with Crippen LogP contribution in [0.1, 0.15) is 19.4 Å². The zero-order valence-electron chi connectivity index (χ0n) is 8.64. The van der Waals surface area contributed by atoms with E-state index in [4.69, 9.17) is 0 Å². The fraction of sp³-hybridized carbons (Fsp3) is 0.231. The van der Waals surface area contributed by atoms with Crippen LogP contribution in [0.2, 0.25) is 0 Å². The number of hydrogen-bond donors (Lipinski definition) is 1. The van der Waals surface area contributed by atoms with Crippen LogP contribution in [0.5, 0.6) is 0 Å². The Morgan fingerprint density at radius 3 is 2.36 bits per heavy atom. The summed E-state index contributed by atoms with van der Waals surface area (Å²) in [4.78, 5) is 0. The first-order valence-corrected chi connectivity index (χ1v) is 4.75. The smallest absolute Gasteiger partial charge is 0.105 e. The van der Waals surface area contributed by atoms with Crippen molar-refractivity contribution in [2.45, 2.75) is 19.4 Å². The van der Waals surface area contributed by atoms with Crippen molar-refractivity contribution in [3.05, 3.63) is 60.2 Å². The summed E-state index contributed by atoms with van der Waals surface area (Å²) < 4.78 is 0. The zero-order chi connectivity index (χ0) is 10.4. The maximum absolute atomic E-state index is 10.1. The first-order valence-electron chi connectivity index (χ1n) is 4.75. The van der Waals surface area contributed by atoms with Gasteiger partial charge in [0.15, 0.2) is 0 Å². The van der Waals surface area contributed by atoms with Gasteiger partial charge in [0, 0.05) is 0 Å². The quantitative estimate of drug-likeness (QED) is 0.723. The van der Waals surface area contributed by atoms with Gasteiger partial charge in [0.2, 0.25) is 0 Å². The summed E-state index contributed by atoms with van der Waals surface area (Å²) in [5.41, 5.74) is 0.0154. The normalized spacial score (nSPS) is 16.2. The standard InChI is InChI=1S/C13H16O/c1-3-4-8-11-13(2,14)12-9-6-5-7-10-12/h3-11,14H,1-2H3/b4-3+,11-8+/t13-/m0/s1. The molecule has 0 bridgehead atoms. The SMILES string of the molecule is C/C=C/C=C/[C@](C)(O)c1ccccc1. The predicted octanol–water partition coefficient (Wildman–Crippen LogP) is 3.03. The van der Waals surface area contributed by atoms with Gasteiger partial charge in [0.1, 0.15) is 5.60 Å². The molecule has 0 aromatic heterocycles. The third kappa shape index (κ3) is 2.86. The van der Waals surface area contributed by atoms with Crippen molar-refractivity contribution in [2.24, 2.45) is 0 Å². The molecular weight excluding hydrogens is 172 g/mol. The van der Waals surface area contributed by atoms with Crippen LogP contribution in [0.4, 0.5) is 0 Å². The zero-order valence-corrected chi connectivity index (χ0v) is 8.64. The lowest BCUT2D eigenvalue weighted by molar-refractivity contribution is 0.111. The molecule has 1 rings (SSSR count). The minimum absolute atomic E-state index is 0.888. The Balaban J connectivity index is 2.85. The summed E-state index contributed by atoms with van der Waals surface area (Å²) in [6, 6.07) is 9.62. The lowest BCUT2D eigenvalue weighted by Crippen LogP contribution is -2.17. The molecule has 0 saturated heterocycles. The molecule has 0 fully saturated rings. The van der Waals surface area contributed by atoms with Gasteiger partial charge in [-0.2, -0.15) is 0 Å². The van der Waals surface area contributed by atoms with Gasteiger partial charge >= 0.3 is 0 Å². The van der Waals surface area contributed by atoms with Gasteiger partial charge in [-0.15, -0.1) is 0 Å². The van der Waals surface area contributed by atoms with Crippen molar-refractivity contribution in [2.75, 3.05) is 0 Å². The fourth-order valence-corrected chi connectivity index (χ4v) is 1.23. The Kier molecular flexibility index (Phi) is 3.66. The molecule has 1 aromatic rings. The van der Waals surface area contributed by atoms with Crippen LogP contribution in [0, 0.1) is 0 Å². The Labute approximate surface area is 85.4 Å². The Morgan fingerprint density at radius 1 is 1.14 bits per heavy atom. The monoisotopic (exact) mass is 188 g/mol. The summed E-state index contributed by atoms with van der Waals surface area (Å²) in [7, 11) is 0. The highest BCUT2D eigenvalue weighted by Gasteiger charge is 2.17. The van der Waals surface area contributed by atoms with Gasteiger partial charge in [-0.1, -0.05) is 48.6 Å². The second-order valence-corrected chi connectivity index (χ2v) is 3.40. The average molecular weight is 188 g/mol. The van der Waals surface area contributed by atoms with Crippen molar-refractivity contribution in [3.63, 3.8) is 0 Å². The topological polar surface area (TPSA) is 20.2 Å². The van der Waals surface area contributed by atoms with Gasteiger partial charge in [0.05, 0.1) is 0 Å². The van der Waals surface area contributed by atoms with E-state index in [1.807, 2.05) is 55.5 Å². The van der Waals surface area contributed by atoms with E-state index in [1.54, 1.807) is 13.0 Å². The van der Waals surface area contributed by atoms with Gasteiger partial charge in [0.25, 0.3) is 0 Å². The van der Waals surface area contributed by atoms with Crippen LogP contribution in [0.15, 0.2) is 54.6 Å². The predicted molar refractivity (Wildman–Crippen MR) is 60.0 cm³/mol. The van der Waals surface area contributed by atoms with E-state index in [1.165, 1.54) is 0 Å². The molecule has 0 heterocycles. The van der Waals surface area contributed by atoms with Crippen molar-refractivity contribution in [1.82, 2.24) is 0 Å². The lowest BCUT2D eigenvalue weighted by atomic mass is 9.96. The van der Waals surface area contributed by atoms with Gasteiger partial charge in [-0.25, -0.2) is 0 Å². The van der Waals surface area contributed by atoms with Crippen LogP contribution in [0.3, 0.4) is 0 Å². The van der Waals surface area contributed by atoms with Crippen LogP contribution >= 0.6 is 0 Å². The number of aliphatic hydroxyl groups is 1. The molecule has 0 aliphatic rings. The molecule has 0 spiro atoms. The average Bonchev–Trinajstić information content (AvgIpc) is 2.19. The first-order chi connectivity index (χ1) is 6.67. The van der Waals surface area contributed by atoms with Crippen molar-refractivity contribution in [3.8, 4) is 0 Å². The molecule has 1 aromatic carbocycles. The number of rotatable bonds is 3. The maximum atomic E-state index is 10.1. The highest BCUT2D eigenvalue weighted by atomic mass is 16.3. The molecule has 1 N–H and O–H groups in total. The van der Waals surface area contributed by atoms with Gasteiger partial charge in [-0.3, -0.25) is 0 Å². The Bertz CT molecular complexity index is 320. The molecular formula is C13H16O. The number of allylic oxidation sites excluding steroid dienone is 3. The summed E-state index contributed by atoms with van der Waals surface area (Å²) in [5, 5.41) is 10.1. The molecule has 1 heteroatoms. The van der Waals surface area contributed by atoms with Crippen LogP contribution in [-0.4, -0.2) is 5.11 Å². The summed E-state index contributed by atoms with van der Waals surface area (Å²) in [6.07, 6.45) is 7.46. The molecule has 74 valence electrons. The molecule has 14 heavy (non-hydrogen) atoms. The molecule has 0 aliphatic heterocycles. The highest BCUT2D eigenvalue weighted by Crippen LogP contribution is 2.21. The van der Waals surface area contributed by atoms with Gasteiger partial charge in [-0.05, 0) is 25.5 Å². The van der Waals surface area contributed by atoms with Crippen LogP contribution in [0.25, 0.3) is 0 Å². The largest absolute Gasteiger partial charge is 0.381 e. The summed E-state index contributed by atoms with van der Waals surface area (Å²) in [6.45, 7) is 3.73. The number of hydrogen-bond acceptors (Lipinski definition) is 1. The van der Waals surface area contributed by atoms with E-state index >= 15 is 0 Å². The molecule has 0 aliphatic carbocycles. The Morgan fingerprint density at radius 2 is 1.79 bits per heavy atom. The van der Waals surface area contributed by atoms with Crippen molar-refractivity contribution < 1.29 is 5.11 Å². The van der Waals surface area contributed by atoms with E-state index < -0.39 is 5.60 Å². The Hall–Kier alpha value is -1.34. The van der Waals surface area contributed by atoms with Gasteiger partial charge < -0.3 is 5.11 Å². The molecule has 0 unspecified atom stereocenters. The third-order valence-corrected chi connectivity index (χ3v) is 2.08. The van der Waals surface area contributed by atoms with Crippen LogP contribution in [-0.2, 0) is 5.60 Å². The summed E-state index contributed by atoms with van der Waals surface area (Å²) in [5.74, 6) is 0.